The fourth-order valence-electron chi connectivity index (χ4n) is 3.42. The summed E-state index contributed by atoms with van der Waals surface area (Å²) in [6.45, 7) is 9.66. The van der Waals surface area contributed by atoms with Gasteiger partial charge in [0.1, 0.15) is 0 Å². The first-order chi connectivity index (χ1) is 7.13. The van der Waals surface area contributed by atoms with Crippen LogP contribution >= 0.6 is 0 Å². The standard InChI is InChI=1S/C13H26N2/c1-5-9(2)11-6-12-10(3)7-14-13(12)15(4)8-11/h9-14H,5-8H2,1-4H3. The predicted molar refractivity (Wildman–Crippen MR) is 64.6 cm³/mol. The number of piperidine rings is 1. The van der Waals surface area contributed by atoms with E-state index in [-0.39, 0.29) is 0 Å². The molecule has 0 aliphatic carbocycles. The number of hydrogen-bond acceptors (Lipinski definition) is 2. The Kier molecular flexibility index (Phi) is 3.36. The van der Waals surface area contributed by atoms with Crippen LogP contribution in [-0.4, -0.2) is 31.2 Å². The lowest BCUT2D eigenvalue weighted by atomic mass is 9.76. The quantitative estimate of drug-likeness (QED) is 0.751. The van der Waals surface area contributed by atoms with Gasteiger partial charge in [0.05, 0.1) is 6.17 Å². The molecular weight excluding hydrogens is 184 g/mol. The first-order valence-electron chi connectivity index (χ1n) is 6.57. The van der Waals surface area contributed by atoms with E-state index in [0.29, 0.717) is 6.17 Å². The van der Waals surface area contributed by atoms with Crippen LogP contribution in [0.3, 0.4) is 0 Å². The molecule has 15 heavy (non-hydrogen) atoms. The maximum atomic E-state index is 3.66. The highest BCUT2D eigenvalue weighted by atomic mass is 15.3. The fourth-order valence-corrected chi connectivity index (χ4v) is 3.42. The average Bonchev–Trinajstić information content (AvgIpc) is 2.60. The van der Waals surface area contributed by atoms with Crippen molar-refractivity contribution in [1.29, 1.82) is 0 Å². The van der Waals surface area contributed by atoms with Crippen LogP contribution in [0, 0.1) is 23.7 Å². The second kappa shape index (κ2) is 4.42. The largest absolute Gasteiger partial charge is 0.301 e. The summed E-state index contributed by atoms with van der Waals surface area (Å²) in [5.41, 5.74) is 0. The highest BCUT2D eigenvalue weighted by molar-refractivity contribution is 4.94. The van der Waals surface area contributed by atoms with Crippen LogP contribution in [0.1, 0.15) is 33.6 Å². The number of rotatable bonds is 2. The van der Waals surface area contributed by atoms with Gasteiger partial charge in [-0.05, 0) is 43.7 Å². The van der Waals surface area contributed by atoms with Crippen molar-refractivity contribution in [2.75, 3.05) is 20.1 Å². The Morgan fingerprint density at radius 1 is 1.47 bits per heavy atom. The third-order valence-electron chi connectivity index (χ3n) is 4.81. The maximum Gasteiger partial charge on any atom is 0.0626 e. The average molecular weight is 210 g/mol. The fraction of sp³-hybridized carbons (Fsp3) is 1.00. The van der Waals surface area contributed by atoms with Crippen molar-refractivity contribution in [3.05, 3.63) is 0 Å². The highest BCUT2D eigenvalue weighted by Crippen LogP contribution is 2.37. The minimum absolute atomic E-state index is 0.667. The summed E-state index contributed by atoms with van der Waals surface area (Å²) in [5.74, 6) is 3.57. The van der Waals surface area contributed by atoms with Crippen molar-refractivity contribution in [3.63, 3.8) is 0 Å². The van der Waals surface area contributed by atoms with E-state index in [4.69, 9.17) is 0 Å². The number of likely N-dealkylation sites (tertiary alicyclic amines) is 1. The third-order valence-corrected chi connectivity index (χ3v) is 4.81. The summed E-state index contributed by atoms with van der Waals surface area (Å²) >= 11 is 0. The molecule has 5 unspecified atom stereocenters. The summed E-state index contributed by atoms with van der Waals surface area (Å²) in [7, 11) is 2.29. The van der Waals surface area contributed by atoms with E-state index in [2.05, 4.69) is 38.0 Å². The number of nitrogens with one attached hydrogen (secondary N) is 1. The Balaban J connectivity index is 2.03. The zero-order valence-electron chi connectivity index (χ0n) is 10.7. The van der Waals surface area contributed by atoms with Gasteiger partial charge in [0.2, 0.25) is 0 Å². The Bertz CT molecular complexity index is 217. The van der Waals surface area contributed by atoms with Gasteiger partial charge in [-0.3, -0.25) is 4.90 Å². The van der Waals surface area contributed by atoms with E-state index < -0.39 is 0 Å². The van der Waals surface area contributed by atoms with Gasteiger partial charge in [-0.15, -0.1) is 0 Å². The van der Waals surface area contributed by atoms with Crippen molar-refractivity contribution >= 4 is 0 Å². The molecule has 2 saturated heterocycles. The molecule has 0 saturated carbocycles. The molecule has 2 heteroatoms. The zero-order valence-corrected chi connectivity index (χ0v) is 10.7. The molecule has 0 amide bonds. The SMILES string of the molecule is CCC(C)C1CC2C(C)CNC2N(C)C1. The first-order valence-corrected chi connectivity index (χ1v) is 6.57. The van der Waals surface area contributed by atoms with Gasteiger partial charge in [0.15, 0.2) is 0 Å². The van der Waals surface area contributed by atoms with Crippen molar-refractivity contribution in [2.24, 2.45) is 23.7 Å². The van der Waals surface area contributed by atoms with Gasteiger partial charge in [-0.1, -0.05) is 27.2 Å². The monoisotopic (exact) mass is 210 g/mol. The lowest BCUT2D eigenvalue weighted by Gasteiger charge is -2.42. The van der Waals surface area contributed by atoms with Crippen LogP contribution < -0.4 is 5.32 Å². The van der Waals surface area contributed by atoms with Gasteiger partial charge < -0.3 is 5.32 Å². The number of hydrogen-bond donors (Lipinski definition) is 1. The van der Waals surface area contributed by atoms with Gasteiger partial charge in [-0.25, -0.2) is 0 Å². The molecule has 2 nitrogen and oxygen atoms in total. The molecule has 0 aromatic heterocycles. The highest BCUT2D eigenvalue weighted by Gasteiger charge is 2.41. The van der Waals surface area contributed by atoms with E-state index in [0.717, 1.165) is 23.7 Å². The van der Waals surface area contributed by atoms with Crippen molar-refractivity contribution < 1.29 is 0 Å². The van der Waals surface area contributed by atoms with E-state index in [1.54, 1.807) is 0 Å². The summed E-state index contributed by atoms with van der Waals surface area (Å²) in [6, 6.07) is 0. The van der Waals surface area contributed by atoms with E-state index in [1.165, 1.54) is 25.9 Å². The van der Waals surface area contributed by atoms with E-state index in [9.17, 15) is 0 Å². The second-order valence-corrected chi connectivity index (χ2v) is 5.82. The molecule has 2 fully saturated rings. The third kappa shape index (κ3) is 2.07. The minimum atomic E-state index is 0.667. The van der Waals surface area contributed by atoms with Gasteiger partial charge in [-0.2, -0.15) is 0 Å². The molecule has 88 valence electrons. The first kappa shape index (κ1) is 11.4. The van der Waals surface area contributed by atoms with Crippen LogP contribution in [0.15, 0.2) is 0 Å². The topological polar surface area (TPSA) is 15.3 Å². The van der Waals surface area contributed by atoms with Crippen LogP contribution in [0.5, 0.6) is 0 Å². The maximum absolute atomic E-state index is 3.66. The molecule has 0 bridgehead atoms. The number of nitrogens with zero attached hydrogens (tertiary/aromatic N) is 1. The lowest BCUT2D eigenvalue weighted by Crippen LogP contribution is -2.51. The number of fused-ring (bicyclic) bond motifs is 1. The molecule has 2 aliphatic heterocycles. The Morgan fingerprint density at radius 2 is 2.20 bits per heavy atom. The molecule has 0 aromatic rings. The lowest BCUT2D eigenvalue weighted by molar-refractivity contribution is 0.0513. The second-order valence-electron chi connectivity index (χ2n) is 5.82. The van der Waals surface area contributed by atoms with Crippen molar-refractivity contribution in [3.8, 4) is 0 Å². The van der Waals surface area contributed by atoms with Gasteiger partial charge in [0.25, 0.3) is 0 Å². The van der Waals surface area contributed by atoms with Crippen LogP contribution in [0.25, 0.3) is 0 Å². The van der Waals surface area contributed by atoms with Crippen molar-refractivity contribution in [1.82, 2.24) is 10.2 Å². The Hall–Kier alpha value is -0.0800. The molecule has 5 atom stereocenters. The van der Waals surface area contributed by atoms with Crippen LogP contribution in [-0.2, 0) is 0 Å². The predicted octanol–water partition coefficient (Wildman–Crippen LogP) is 2.17. The summed E-state index contributed by atoms with van der Waals surface area (Å²) in [4.78, 5) is 2.55. The molecule has 2 heterocycles. The van der Waals surface area contributed by atoms with Gasteiger partial charge in [0, 0.05) is 6.54 Å². The molecule has 2 rings (SSSR count). The summed E-state index contributed by atoms with van der Waals surface area (Å²) in [6.07, 6.45) is 3.44. The normalized spacial score (nSPS) is 44.0. The van der Waals surface area contributed by atoms with E-state index in [1.807, 2.05) is 0 Å². The smallest absolute Gasteiger partial charge is 0.0626 e. The Morgan fingerprint density at radius 3 is 2.87 bits per heavy atom. The van der Waals surface area contributed by atoms with E-state index >= 15 is 0 Å². The zero-order chi connectivity index (χ0) is 11.0. The van der Waals surface area contributed by atoms with Crippen LogP contribution in [0.4, 0.5) is 0 Å². The minimum Gasteiger partial charge on any atom is -0.301 e. The molecule has 0 radical (unpaired) electrons. The Labute approximate surface area is 94.4 Å². The molecule has 2 aliphatic rings. The summed E-state index contributed by atoms with van der Waals surface area (Å²) in [5, 5.41) is 3.66. The summed E-state index contributed by atoms with van der Waals surface area (Å²) < 4.78 is 0. The molecule has 1 N–H and O–H groups in total. The van der Waals surface area contributed by atoms with Crippen molar-refractivity contribution in [2.45, 2.75) is 39.8 Å². The molecule has 0 aromatic carbocycles. The molecule has 0 spiro atoms. The van der Waals surface area contributed by atoms with Crippen LogP contribution in [0.2, 0.25) is 0 Å². The van der Waals surface area contributed by atoms with Gasteiger partial charge >= 0.3 is 0 Å². The molecular formula is C13H26N2.